The van der Waals surface area contributed by atoms with E-state index in [0.717, 1.165) is 0 Å². The first-order valence-corrected chi connectivity index (χ1v) is 6.86. The van der Waals surface area contributed by atoms with Gasteiger partial charge in [0.2, 0.25) is 0 Å². The fourth-order valence-corrected chi connectivity index (χ4v) is 2.53. The zero-order chi connectivity index (χ0) is 13.3. The first-order valence-electron chi connectivity index (χ1n) is 5.36. The molecule has 8 heteroatoms. The summed E-state index contributed by atoms with van der Waals surface area (Å²) in [5, 5.41) is 9.49. The van der Waals surface area contributed by atoms with Crippen LogP contribution in [0.1, 0.15) is 27.2 Å². The second-order valence-corrected chi connectivity index (χ2v) is 6.36. The van der Waals surface area contributed by atoms with Crippen molar-refractivity contribution in [1.29, 1.82) is 0 Å². The highest BCUT2D eigenvalue weighted by molar-refractivity contribution is 7.47. The van der Waals surface area contributed by atoms with Crippen molar-refractivity contribution in [3.05, 3.63) is 0 Å². The van der Waals surface area contributed by atoms with E-state index in [4.69, 9.17) is 21.6 Å². The molecule has 0 aromatic rings. The summed E-state index contributed by atoms with van der Waals surface area (Å²) >= 11 is 0. The Morgan fingerprint density at radius 1 is 1.53 bits per heavy atom. The molecule has 6 nitrogen and oxygen atoms in total. The molecule has 0 saturated carbocycles. The summed E-state index contributed by atoms with van der Waals surface area (Å²) in [5.74, 6) is 0. The molecule has 2 N–H and O–H groups in total. The fourth-order valence-electron chi connectivity index (χ4n) is 1.45. The van der Waals surface area contributed by atoms with E-state index in [1.165, 1.54) is 0 Å². The molecule has 0 bridgehead atoms. The number of aliphatic hydroxyl groups is 1. The zero-order valence-corrected chi connectivity index (χ0v) is 11.1. The SMILES string of the molecule is [B][C@H]1C[C@H](O)[C@@H](COP(=O)(O)OC(C)(C)C)O1. The van der Waals surface area contributed by atoms with Gasteiger partial charge in [-0.2, -0.15) is 0 Å². The number of hydrogen-bond donors (Lipinski definition) is 2. The van der Waals surface area contributed by atoms with Crippen LogP contribution >= 0.6 is 7.82 Å². The van der Waals surface area contributed by atoms with Crippen molar-refractivity contribution in [3.8, 4) is 0 Å². The van der Waals surface area contributed by atoms with Crippen molar-refractivity contribution in [1.82, 2.24) is 0 Å². The topological polar surface area (TPSA) is 85.2 Å². The van der Waals surface area contributed by atoms with Crippen molar-refractivity contribution < 1.29 is 28.3 Å². The Kier molecular flexibility index (Phi) is 4.80. The summed E-state index contributed by atoms with van der Waals surface area (Å²) in [5.41, 5.74) is -0.796. The molecule has 1 heterocycles. The van der Waals surface area contributed by atoms with Crippen LogP contribution in [0.2, 0.25) is 0 Å². The minimum atomic E-state index is -4.14. The number of hydrogen-bond acceptors (Lipinski definition) is 5. The van der Waals surface area contributed by atoms with Crippen molar-refractivity contribution in [2.75, 3.05) is 6.61 Å². The molecular weight excluding hydrogens is 246 g/mol. The summed E-state index contributed by atoms with van der Waals surface area (Å²) in [6, 6.07) is -0.569. The molecular formula is C9H18BO6P. The summed E-state index contributed by atoms with van der Waals surface area (Å²) < 4.78 is 26.3. The fraction of sp³-hybridized carbons (Fsp3) is 1.00. The molecule has 1 fully saturated rings. The van der Waals surface area contributed by atoms with Gasteiger partial charge in [0.05, 0.1) is 18.3 Å². The van der Waals surface area contributed by atoms with Gasteiger partial charge >= 0.3 is 7.82 Å². The van der Waals surface area contributed by atoms with E-state index >= 15 is 0 Å². The quantitative estimate of drug-likeness (QED) is 0.570. The second-order valence-electron chi connectivity index (χ2n) is 4.98. The zero-order valence-electron chi connectivity index (χ0n) is 10.2. The van der Waals surface area contributed by atoms with Crippen LogP contribution in [0.3, 0.4) is 0 Å². The van der Waals surface area contributed by atoms with Crippen molar-refractivity contribution in [3.63, 3.8) is 0 Å². The highest BCUT2D eigenvalue weighted by Crippen LogP contribution is 2.47. The van der Waals surface area contributed by atoms with Crippen LogP contribution in [0.5, 0.6) is 0 Å². The Labute approximate surface area is 102 Å². The molecule has 98 valence electrons. The van der Waals surface area contributed by atoms with E-state index in [2.05, 4.69) is 0 Å². The van der Waals surface area contributed by atoms with Crippen LogP contribution in [0.15, 0.2) is 0 Å². The number of rotatable bonds is 4. The molecule has 1 unspecified atom stereocenters. The minimum Gasteiger partial charge on any atom is -0.390 e. The van der Waals surface area contributed by atoms with Crippen LogP contribution in [-0.2, 0) is 18.3 Å². The number of phosphoric ester groups is 1. The van der Waals surface area contributed by atoms with Gasteiger partial charge in [-0.15, -0.1) is 0 Å². The van der Waals surface area contributed by atoms with Gasteiger partial charge in [-0.05, 0) is 27.2 Å². The minimum absolute atomic E-state index is 0.237. The number of aliphatic hydroxyl groups excluding tert-OH is 1. The lowest BCUT2D eigenvalue weighted by Crippen LogP contribution is -2.27. The maximum Gasteiger partial charge on any atom is 0.472 e. The molecule has 0 amide bonds. The molecule has 0 aliphatic carbocycles. The van der Waals surface area contributed by atoms with E-state index in [1.54, 1.807) is 20.8 Å². The summed E-state index contributed by atoms with van der Waals surface area (Å²) in [6.07, 6.45) is -1.21. The van der Waals surface area contributed by atoms with Crippen LogP contribution < -0.4 is 0 Å². The lowest BCUT2D eigenvalue weighted by molar-refractivity contribution is -0.0152. The van der Waals surface area contributed by atoms with E-state index in [0.29, 0.717) is 0 Å². The highest BCUT2D eigenvalue weighted by atomic mass is 31.2. The maximum absolute atomic E-state index is 11.5. The maximum atomic E-state index is 11.5. The van der Waals surface area contributed by atoms with E-state index in [-0.39, 0.29) is 13.0 Å². The second kappa shape index (κ2) is 5.39. The monoisotopic (exact) mass is 264 g/mol. The Bertz CT molecular complexity index is 304. The largest absolute Gasteiger partial charge is 0.472 e. The average molecular weight is 264 g/mol. The molecule has 2 radical (unpaired) electrons. The molecule has 0 aromatic carbocycles. The third-order valence-corrected chi connectivity index (χ3v) is 3.30. The normalized spacial score (nSPS) is 33.6. The van der Waals surface area contributed by atoms with Gasteiger partial charge in [-0.3, -0.25) is 9.05 Å². The van der Waals surface area contributed by atoms with Crippen molar-refractivity contribution in [2.24, 2.45) is 0 Å². The Hall–Kier alpha value is 0.0949. The smallest absolute Gasteiger partial charge is 0.390 e. The Balaban J connectivity index is 2.42. The average Bonchev–Trinajstić information content (AvgIpc) is 2.37. The van der Waals surface area contributed by atoms with Gasteiger partial charge in [0.1, 0.15) is 14.0 Å². The summed E-state index contributed by atoms with van der Waals surface area (Å²) in [4.78, 5) is 9.41. The van der Waals surface area contributed by atoms with Gasteiger partial charge in [-0.25, -0.2) is 4.57 Å². The summed E-state index contributed by atoms with van der Waals surface area (Å²) in [6.45, 7) is 4.67. The molecule has 1 rings (SSSR count). The molecule has 0 spiro atoms. The molecule has 1 aliphatic rings. The van der Waals surface area contributed by atoms with Crippen LogP contribution in [0.4, 0.5) is 0 Å². The molecule has 17 heavy (non-hydrogen) atoms. The van der Waals surface area contributed by atoms with E-state index in [1.807, 2.05) is 0 Å². The van der Waals surface area contributed by atoms with Gasteiger partial charge in [-0.1, -0.05) is 0 Å². The first-order chi connectivity index (χ1) is 7.59. The first kappa shape index (κ1) is 15.2. The van der Waals surface area contributed by atoms with Gasteiger partial charge in [0.15, 0.2) is 0 Å². The number of phosphoric acid groups is 1. The van der Waals surface area contributed by atoms with Crippen molar-refractivity contribution in [2.45, 2.75) is 51.0 Å². The van der Waals surface area contributed by atoms with Gasteiger partial charge in [0.25, 0.3) is 0 Å². The predicted molar refractivity (Wildman–Crippen MR) is 61.7 cm³/mol. The lowest BCUT2D eigenvalue weighted by atomic mass is 9.96. The number of ether oxygens (including phenoxy) is 1. The Morgan fingerprint density at radius 2 is 2.12 bits per heavy atom. The van der Waals surface area contributed by atoms with Crippen molar-refractivity contribution >= 4 is 15.7 Å². The summed E-state index contributed by atoms with van der Waals surface area (Å²) in [7, 11) is 1.31. The third-order valence-electron chi connectivity index (χ3n) is 2.04. The highest BCUT2D eigenvalue weighted by Gasteiger charge is 2.35. The third kappa shape index (κ3) is 5.51. The van der Waals surface area contributed by atoms with Gasteiger partial charge in [0, 0.05) is 6.00 Å². The van der Waals surface area contributed by atoms with E-state index in [9.17, 15) is 14.6 Å². The Morgan fingerprint density at radius 3 is 2.53 bits per heavy atom. The van der Waals surface area contributed by atoms with Crippen LogP contribution in [0.25, 0.3) is 0 Å². The van der Waals surface area contributed by atoms with Gasteiger partial charge < -0.3 is 14.7 Å². The molecule has 0 aromatic heterocycles. The molecule has 4 atom stereocenters. The molecule has 1 saturated heterocycles. The van der Waals surface area contributed by atoms with E-state index < -0.39 is 31.6 Å². The van der Waals surface area contributed by atoms with Crippen LogP contribution in [-0.4, -0.2) is 48.3 Å². The molecule has 1 aliphatic heterocycles. The lowest BCUT2D eigenvalue weighted by Gasteiger charge is -2.24. The standard InChI is InChI=1S/C9H18BO6P/c1-9(2,3)16-17(12,13)14-5-7-6(11)4-8(10)15-7/h6-8,11H,4-5H2,1-3H3,(H,12,13)/t6-,7+,8+/m0/s1. The predicted octanol–water partition coefficient (Wildman–Crippen LogP) is 0.563. The van der Waals surface area contributed by atoms with Crippen LogP contribution in [0, 0.1) is 0 Å².